The number of amides is 2. The predicted molar refractivity (Wildman–Crippen MR) is 187 cm³/mol. The number of halogens is 3. The van der Waals surface area contributed by atoms with Crippen LogP contribution in [0.2, 0.25) is 5.02 Å². The molecule has 238 valence electrons. The van der Waals surface area contributed by atoms with E-state index in [-0.39, 0.29) is 18.8 Å². The van der Waals surface area contributed by atoms with Gasteiger partial charge in [-0.25, -0.2) is 9.59 Å². The van der Waals surface area contributed by atoms with Gasteiger partial charge in [0.25, 0.3) is 0 Å². The van der Waals surface area contributed by atoms with Crippen molar-refractivity contribution in [2.45, 2.75) is 32.7 Å². The van der Waals surface area contributed by atoms with E-state index >= 15 is 0 Å². The van der Waals surface area contributed by atoms with Crippen molar-refractivity contribution in [1.82, 2.24) is 16.1 Å². The molecular weight excluding hydrogens is 830 g/mol. The summed E-state index contributed by atoms with van der Waals surface area (Å²) in [6, 6.07) is 15.2. The highest BCUT2D eigenvalue weighted by molar-refractivity contribution is 14.1. The molecule has 0 spiro atoms. The Kier molecular flexibility index (Phi) is 12.6. The quantitative estimate of drug-likeness (QED) is 0.0570. The lowest BCUT2D eigenvalue weighted by molar-refractivity contribution is -0.136. The molecule has 0 aliphatic carbocycles. The first-order chi connectivity index (χ1) is 21.6. The molecule has 0 fully saturated rings. The third-order valence-corrected chi connectivity index (χ3v) is 8.26. The van der Waals surface area contributed by atoms with E-state index in [1.54, 1.807) is 31.3 Å². The number of hydrogen-bond donors (Lipinski definition) is 4. The summed E-state index contributed by atoms with van der Waals surface area (Å²) in [7, 11) is 1.28. The molecule has 1 heterocycles. The smallest absolute Gasteiger partial charge is 0.337 e. The average molecular weight is 861 g/mol. The second kappa shape index (κ2) is 16.3. The summed E-state index contributed by atoms with van der Waals surface area (Å²) < 4.78 is 24.5. The Hall–Kier alpha value is -3.28. The lowest BCUT2D eigenvalue weighted by Gasteiger charge is -2.28. The SMILES string of the molecule is CCOc1cc([C@@H]2NC(=O)NC(C)=C2C(=O)OC)ccc1OC[C@@H](O)N/N=C/c1cc(I)cc(I)c1OCc1ccccc1Cl. The highest BCUT2D eigenvalue weighted by Crippen LogP contribution is 2.35. The lowest BCUT2D eigenvalue weighted by atomic mass is 9.95. The van der Waals surface area contributed by atoms with Gasteiger partial charge < -0.3 is 34.7 Å². The van der Waals surface area contributed by atoms with Gasteiger partial charge in [0.2, 0.25) is 0 Å². The highest BCUT2D eigenvalue weighted by atomic mass is 127. The van der Waals surface area contributed by atoms with Crippen LogP contribution in [0.4, 0.5) is 4.79 Å². The van der Waals surface area contributed by atoms with E-state index in [1.807, 2.05) is 43.3 Å². The Morgan fingerprint density at radius 1 is 1.13 bits per heavy atom. The number of rotatable bonds is 13. The number of nitrogens with zero attached hydrogens (tertiary/aromatic N) is 1. The van der Waals surface area contributed by atoms with Crippen molar-refractivity contribution in [2.75, 3.05) is 20.3 Å². The predicted octanol–water partition coefficient (Wildman–Crippen LogP) is 5.65. The molecule has 0 radical (unpaired) electrons. The van der Waals surface area contributed by atoms with Crippen LogP contribution in [0.15, 0.2) is 71.0 Å². The number of methoxy groups -OCH3 is 1. The van der Waals surface area contributed by atoms with E-state index in [2.05, 4.69) is 66.3 Å². The van der Waals surface area contributed by atoms with Crippen LogP contribution in [0.25, 0.3) is 0 Å². The van der Waals surface area contributed by atoms with Crippen LogP contribution in [-0.4, -0.2) is 49.9 Å². The van der Waals surface area contributed by atoms with Gasteiger partial charge >= 0.3 is 12.0 Å². The number of urea groups is 1. The molecule has 4 N–H and O–H groups in total. The number of aliphatic hydroxyl groups is 1. The van der Waals surface area contributed by atoms with Crippen molar-refractivity contribution < 1.29 is 33.6 Å². The molecule has 2 amide bonds. The van der Waals surface area contributed by atoms with Crippen molar-refractivity contribution in [3.8, 4) is 17.2 Å². The van der Waals surface area contributed by atoms with Gasteiger partial charge in [0, 0.05) is 25.4 Å². The summed E-state index contributed by atoms with van der Waals surface area (Å²) in [6.07, 6.45) is 0.405. The monoisotopic (exact) mass is 860 g/mol. The fraction of sp³-hybridized carbons (Fsp3) is 0.258. The molecule has 0 saturated carbocycles. The van der Waals surface area contributed by atoms with Gasteiger partial charge in [0.15, 0.2) is 17.7 Å². The summed E-state index contributed by atoms with van der Waals surface area (Å²) >= 11 is 10.7. The largest absolute Gasteiger partial charge is 0.490 e. The van der Waals surface area contributed by atoms with Gasteiger partial charge in [0.1, 0.15) is 19.0 Å². The Bertz CT molecular complexity index is 1620. The first-order valence-electron chi connectivity index (χ1n) is 13.7. The van der Waals surface area contributed by atoms with E-state index in [1.165, 1.54) is 7.11 Å². The van der Waals surface area contributed by atoms with Crippen molar-refractivity contribution in [3.05, 3.63) is 94.7 Å². The van der Waals surface area contributed by atoms with Crippen LogP contribution in [0, 0.1) is 7.14 Å². The Balaban J connectivity index is 1.43. The van der Waals surface area contributed by atoms with E-state index in [0.29, 0.717) is 45.7 Å². The molecule has 2 atom stereocenters. The Morgan fingerprint density at radius 3 is 2.64 bits per heavy atom. The van der Waals surface area contributed by atoms with E-state index in [9.17, 15) is 14.7 Å². The number of carbonyl (C=O) groups is 2. The summed E-state index contributed by atoms with van der Waals surface area (Å²) in [5, 5.41) is 20.7. The minimum Gasteiger partial charge on any atom is -0.490 e. The van der Waals surface area contributed by atoms with Crippen LogP contribution >= 0.6 is 56.8 Å². The van der Waals surface area contributed by atoms with Gasteiger partial charge in [-0.05, 0) is 94.9 Å². The number of aliphatic hydroxyl groups excluding tert-OH is 1. The second-order valence-corrected chi connectivity index (χ2v) is 12.4. The number of allylic oxidation sites excluding steroid dienone is 1. The molecule has 0 saturated heterocycles. The Morgan fingerprint density at radius 2 is 1.91 bits per heavy atom. The zero-order chi connectivity index (χ0) is 32.5. The summed E-state index contributed by atoms with van der Waals surface area (Å²) in [5.41, 5.74) is 5.49. The number of esters is 1. The molecule has 0 aromatic heterocycles. The van der Waals surface area contributed by atoms with Gasteiger partial charge in [-0.15, -0.1) is 0 Å². The first kappa shape index (κ1) is 34.6. The first-order valence-corrected chi connectivity index (χ1v) is 16.2. The standard InChI is InChI=1S/C31H31ClI2N4O7/c1-4-43-25-12-18(28-27(30(40)42-3)17(2)36-31(41)37-28)9-10-24(25)44-16-26(39)38-35-14-20-11-21(33)13-23(34)29(20)45-15-19-7-5-6-8-22(19)32/h5-14,26,28,38-39H,4,15-16H2,1-3H3,(H2,36,37,41)/b35-14+/t26-,28+/m1/s1. The van der Waals surface area contributed by atoms with Gasteiger partial charge in [-0.1, -0.05) is 35.9 Å². The van der Waals surface area contributed by atoms with Gasteiger partial charge in [-0.2, -0.15) is 5.10 Å². The molecule has 45 heavy (non-hydrogen) atoms. The second-order valence-electron chi connectivity index (χ2n) is 9.60. The van der Waals surface area contributed by atoms with Gasteiger partial charge in [-0.3, -0.25) is 5.43 Å². The molecule has 3 aromatic carbocycles. The number of benzene rings is 3. The zero-order valence-electron chi connectivity index (χ0n) is 24.5. The van der Waals surface area contributed by atoms with Crippen molar-refractivity contribution in [3.63, 3.8) is 0 Å². The normalized spacial score (nSPS) is 15.3. The molecule has 1 aliphatic rings. The van der Waals surface area contributed by atoms with Crippen molar-refractivity contribution in [1.29, 1.82) is 0 Å². The highest BCUT2D eigenvalue weighted by Gasteiger charge is 2.32. The molecule has 4 rings (SSSR count). The van der Waals surface area contributed by atoms with Gasteiger partial charge in [0.05, 0.1) is 35.1 Å². The van der Waals surface area contributed by atoms with Crippen LogP contribution in [0.3, 0.4) is 0 Å². The summed E-state index contributed by atoms with van der Waals surface area (Å²) in [4.78, 5) is 24.6. The molecule has 14 heteroatoms. The maximum Gasteiger partial charge on any atom is 0.337 e. The molecule has 11 nitrogen and oxygen atoms in total. The molecular formula is C31H31ClI2N4O7. The number of nitrogens with one attached hydrogen (secondary N) is 3. The summed E-state index contributed by atoms with van der Waals surface area (Å²) in [5.74, 6) is 0.791. The Labute approximate surface area is 293 Å². The minimum absolute atomic E-state index is 0.160. The number of hydrazone groups is 1. The van der Waals surface area contributed by atoms with E-state index < -0.39 is 24.3 Å². The van der Waals surface area contributed by atoms with Crippen LogP contribution in [0.1, 0.15) is 36.6 Å². The minimum atomic E-state index is -1.16. The fourth-order valence-corrected chi connectivity index (χ4v) is 6.64. The van der Waals surface area contributed by atoms with E-state index in [4.69, 9.17) is 30.5 Å². The number of carbonyl (C=O) groups excluding carboxylic acids is 2. The van der Waals surface area contributed by atoms with Crippen molar-refractivity contribution >= 4 is 75.0 Å². The summed E-state index contributed by atoms with van der Waals surface area (Å²) in [6.45, 7) is 3.90. The molecule has 0 bridgehead atoms. The van der Waals surface area contributed by atoms with Crippen LogP contribution < -0.4 is 30.3 Å². The van der Waals surface area contributed by atoms with Crippen LogP contribution in [0.5, 0.6) is 17.2 Å². The third-order valence-electron chi connectivity index (χ3n) is 6.47. The van der Waals surface area contributed by atoms with E-state index in [0.717, 1.165) is 12.7 Å². The lowest BCUT2D eigenvalue weighted by Crippen LogP contribution is -2.45. The average Bonchev–Trinajstić information content (AvgIpc) is 3.00. The van der Waals surface area contributed by atoms with Crippen molar-refractivity contribution in [2.24, 2.45) is 5.10 Å². The zero-order valence-corrected chi connectivity index (χ0v) is 29.6. The topological polar surface area (TPSA) is 140 Å². The number of hydrogen-bond acceptors (Lipinski definition) is 9. The molecule has 1 aliphatic heterocycles. The molecule has 3 aromatic rings. The van der Waals surface area contributed by atoms with Crippen LogP contribution in [-0.2, 0) is 16.1 Å². The maximum absolute atomic E-state index is 12.5. The number of ether oxygens (including phenoxy) is 4. The fourth-order valence-electron chi connectivity index (χ4n) is 4.41. The molecule has 0 unspecified atom stereocenters. The third kappa shape index (κ3) is 9.14. The maximum atomic E-state index is 12.5.